The van der Waals surface area contributed by atoms with E-state index in [-0.39, 0.29) is 11.5 Å². The molecule has 0 spiro atoms. The van der Waals surface area contributed by atoms with Crippen LogP contribution in [0.15, 0.2) is 22.7 Å². The summed E-state index contributed by atoms with van der Waals surface area (Å²) in [5, 5.41) is 0. The number of hydrogen-bond donors (Lipinski definition) is 1. The Morgan fingerprint density at radius 1 is 1.32 bits per heavy atom. The number of rotatable bonds is 4. The van der Waals surface area contributed by atoms with E-state index in [1.165, 1.54) is 11.1 Å². The van der Waals surface area contributed by atoms with E-state index in [2.05, 4.69) is 80.7 Å². The largest absolute Gasteiger partial charge is 0.329 e. The molecule has 2 N–H and O–H groups in total. The molecule has 2 nitrogen and oxygen atoms in total. The third-order valence-corrected chi connectivity index (χ3v) is 4.78. The van der Waals surface area contributed by atoms with Crippen LogP contribution in [0.2, 0.25) is 0 Å². The molecule has 0 aliphatic rings. The van der Waals surface area contributed by atoms with E-state index in [0.29, 0.717) is 12.6 Å². The van der Waals surface area contributed by atoms with Crippen LogP contribution in [0.3, 0.4) is 0 Å². The molecule has 1 rings (SSSR count). The number of aryl methyl sites for hydroxylation is 1. The Bertz CT molecular complexity index is 423. The fourth-order valence-electron chi connectivity index (χ4n) is 2.30. The lowest BCUT2D eigenvalue weighted by molar-refractivity contribution is 0.0998. The summed E-state index contributed by atoms with van der Waals surface area (Å²) in [4.78, 5) is 2.38. The third kappa shape index (κ3) is 4.04. The van der Waals surface area contributed by atoms with E-state index in [1.54, 1.807) is 0 Å². The Morgan fingerprint density at radius 2 is 1.89 bits per heavy atom. The first-order chi connectivity index (χ1) is 8.68. The second-order valence-corrected chi connectivity index (χ2v) is 7.34. The molecule has 1 aromatic rings. The van der Waals surface area contributed by atoms with Gasteiger partial charge in [0.15, 0.2) is 0 Å². The number of hydrogen-bond acceptors (Lipinski definition) is 2. The van der Waals surface area contributed by atoms with Crippen molar-refractivity contribution in [3.05, 3.63) is 33.8 Å². The molecule has 19 heavy (non-hydrogen) atoms. The SMILES string of the molecule is Cc1ccc(C(CN)N(C)C(C)C(C)(C)C)c(Br)c1. The molecule has 0 saturated carbocycles. The fraction of sp³-hybridized carbons (Fsp3) is 0.625. The van der Waals surface area contributed by atoms with Crippen LogP contribution in [-0.2, 0) is 0 Å². The van der Waals surface area contributed by atoms with Gasteiger partial charge in [-0.2, -0.15) is 0 Å². The van der Waals surface area contributed by atoms with Crippen LogP contribution < -0.4 is 5.73 Å². The number of benzene rings is 1. The lowest BCUT2D eigenvalue weighted by atomic mass is 9.86. The van der Waals surface area contributed by atoms with Gasteiger partial charge in [-0.3, -0.25) is 4.90 Å². The lowest BCUT2D eigenvalue weighted by Crippen LogP contribution is -2.43. The summed E-state index contributed by atoms with van der Waals surface area (Å²) in [6, 6.07) is 7.19. The molecule has 2 atom stereocenters. The lowest BCUT2D eigenvalue weighted by Gasteiger charge is -2.40. The van der Waals surface area contributed by atoms with E-state index >= 15 is 0 Å². The Kier molecular flexibility index (Phi) is 5.60. The van der Waals surface area contributed by atoms with Gasteiger partial charge in [-0.05, 0) is 43.5 Å². The molecule has 0 aliphatic carbocycles. The van der Waals surface area contributed by atoms with Crippen molar-refractivity contribution in [2.24, 2.45) is 11.1 Å². The quantitative estimate of drug-likeness (QED) is 0.901. The smallest absolute Gasteiger partial charge is 0.0481 e. The van der Waals surface area contributed by atoms with Gasteiger partial charge in [-0.15, -0.1) is 0 Å². The van der Waals surface area contributed by atoms with Crippen molar-refractivity contribution in [1.29, 1.82) is 0 Å². The molecule has 0 radical (unpaired) electrons. The van der Waals surface area contributed by atoms with Crippen LogP contribution in [0.1, 0.15) is 44.9 Å². The van der Waals surface area contributed by atoms with Gasteiger partial charge >= 0.3 is 0 Å². The monoisotopic (exact) mass is 326 g/mol. The normalized spacial score (nSPS) is 15.6. The van der Waals surface area contributed by atoms with E-state index in [4.69, 9.17) is 5.73 Å². The highest BCUT2D eigenvalue weighted by molar-refractivity contribution is 9.10. The summed E-state index contributed by atoms with van der Waals surface area (Å²) in [6.45, 7) is 11.8. The molecule has 0 amide bonds. The highest BCUT2D eigenvalue weighted by atomic mass is 79.9. The van der Waals surface area contributed by atoms with Crippen molar-refractivity contribution in [2.45, 2.75) is 46.7 Å². The first kappa shape index (κ1) is 16.7. The number of likely N-dealkylation sites (N-methyl/N-ethyl adjacent to an activating group) is 1. The summed E-state index contributed by atoms with van der Waals surface area (Å²) < 4.78 is 1.15. The van der Waals surface area contributed by atoms with Crippen LogP contribution in [0.25, 0.3) is 0 Å². The molecule has 0 fully saturated rings. The molecule has 1 aromatic carbocycles. The fourth-order valence-corrected chi connectivity index (χ4v) is 3.05. The topological polar surface area (TPSA) is 29.3 Å². The minimum atomic E-state index is 0.235. The number of halogens is 1. The maximum atomic E-state index is 6.03. The van der Waals surface area contributed by atoms with Gasteiger partial charge in [0, 0.05) is 23.1 Å². The van der Waals surface area contributed by atoms with Gasteiger partial charge in [-0.1, -0.05) is 48.8 Å². The van der Waals surface area contributed by atoms with Gasteiger partial charge in [0.1, 0.15) is 0 Å². The van der Waals surface area contributed by atoms with Crippen LogP contribution in [-0.4, -0.2) is 24.5 Å². The Hall–Kier alpha value is -0.380. The van der Waals surface area contributed by atoms with Crippen molar-refractivity contribution in [3.8, 4) is 0 Å². The Morgan fingerprint density at radius 3 is 2.32 bits per heavy atom. The first-order valence-electron chi connectivity index (χ1n) is 6.86. The third-order valence-electron chi connectivity index (χ3n) is 4.09. The molecule has 3 heteroatoms. The summed E-state index contributed by atoms with van der Waals surface area (Å²) in [6.07, 6.45) is 0. The zero-order valence-corrected chi connectivity index (χ0v) is 14.6. The standard InChI is InChI=1S/C16H27BrN2/c1-11-7-8-13(14(17)9-11)15(10-18)19(6)12(2)16(3,4)5/h7-9,12,15H,10,18H2,1-6H3. The van der Waals surface area contributed by atoms with Crippen molar-refractivity contribution in [3.63, 3.8) is 0 Å². The molecule has 0 heterocycles. The van der Waals surface area contributed by atoms with Crippen molar-refractivity contribution in [1.82, 2.24) is 4.90 Å². The van der Waals surface area contributed by atoms with Crippen LogP contribution in [0.4, 0.5) is 0 Å². The minimum absolute atomic E-state index is 0.235. The summed E-state index contributed by atoms with van der Waals surface area (Å²) in [5.41, 5.74) is 8.80. The van der Waals surface area contributed by atoms with Gasteiger partial charge in [0.2, 0.25) is 0 Å². The average Bonchev–Trinajstić information content (AvgIpc) is 2.30. The van der Waals surface area contributed by atoms with Crippen LogP contribution in [0.5, 0.6) is 0 Å². The highest BCUT2D eigenvalue weighted by Gasteiger charge is 2.29. The maximum absolute atomic E-state index is 6.03. The number of nitrogens with two attached hydrogens (primary N) is 1. The van der Waals surface area contributed by atoms with E-state index in [0.717, 1.165) is 4.47 Å². The molecule has 0 aromatic heterocycles. The summed E-state index contributed by atoms with van der Waals surface area (Å²) >= 11 is 3.67. The molecule has 0 aliphatic heterocycles. The maximum Gasteiger partial charge on any atom is 0.0481 e. The van der Waals surface area contributed by atoms with E-state index < -0.39 is 0 Å². The number of nitrogens with zero attached hydrogens (tertiary/aromatic N) is 1. The first-order valence-corrected chi connectivity index (χ1v) is 7.65. The molecule has 0 saturated heterocycles. The van der Waals surface area contributed by atoms with Crippen molar-refractivity contribution in [2.75, 3.05) is 13.6 Å². The predicted octanol–water partition coefficient (Wildman–Crippen LogP) is 4.12. The van der Waals surface area contributed by atoms with Crippen LogP contribution in [0, 0.1) is 12.3 Å². The van der Waals surface area contributed by atoms with Gasteiger partial charge in [0.05, 0.1) is 0 Å². The van der Waals surface area contributed by atoms with E-state index in [9.17, 15) is 0 Å². The second kappa shape index (κ2) is 6.38. The zero-order valence-electron chi connectivity index (χ0n) is 13.0. The van der Waals surface area contributed by atoms with Gasteiger partial charge in [0.25, 0.3) is 0 Å². The molecular weight excluding hydrogens is 300 g/mol. The van der Waals surface area contributed by atoms with Crippen molar-refractivity contribution < 1.29 is 0 Å². The molecular formula is C16H27BrN2. The summed E-state index contributed by atoms with van der Waals surface area (Å²) in [7, 11) is 2.17. The predicted molar refractivity (Wildman–Crippen MR) is 87.4 cm³/mol. The molecule has 2 unspecified atom stereocenters. The minimum Gasteiger partial charge on any atom is -0.329 e. The highest BCUT2D eigenvalue weighted by Crippen LogP contribution is 2.32. The van der Waals surface area contributed by atoms with Crippen molar-refractivity contribution >= 4 is 15.9 Å². The van der Waals surface area contributed by atoms with E-state index in [1.807, 2.05) is 0 Å². The Labute approximate surface area is 126 Å². The second-order valence-electron chi connectivity index (χ2n) is 6.48. The van der Waals surface area contributed by atoms with Crippen LogP contribution >= 0.6 is 15.9 Å². The molecule has 108 valence electrons. The summed E-state index contributed by atoms with van der Waals surface area (Å²) in [5.74, 6) is 0. The average molecular weight is 327 g/mol. The Balaban J connectivity index is 3.06. The van der Waals surface area contributed by atoms with Gasteiger partial charge in [-0.25, -0.2) is 0 Å². The zero-order chi connectivity index (χ0) is 14.8. The van der Waals surface area contributed by atoms with Gasteiger partial charge < -0.3 is 5.73 Å². The molecule has 0 bridgehead atoms.